The molecule has 0 atom stereocenters. The molecular weight excluding hydrogens is 414 g/mol. The van der Waals surface area contributed by atoms with Crippen molar-refractivity contribution in [3.05, 3.63) is 42.5 Å². The van der Waals surface area contributed by atoms with Crippen LogP contribution in [0.15, 0.2) is 42.5 Å². The normalized spacial score (nSPS) is 12.8. The molecule has 1 heterocycles. The molecule has 1 aromatic rings. The third-order valence-electron chi connectivity index (χ3n) is 4.63. The Morgan fingerprint density at radius 3 is 2.22 bits per heavy atom. The number of imide groups is 1. The van der Waals surface area contributed by atoms with E-state index < -0.39 is 11.8 Å². The minimum Gasteiger partial charge on any atom is -0.494 e. The molecule has 0 aromatic heterocycles. The van der Waals surface area contributed by atoms with E-state index >= 15 is 0 Å². The van der Waals surface area contributed by atoms with E-state index in [2.05, 4.69) is 10.6 Å². The third kappa shape index (κ3) is 10.2. The van der Waals surface area contributed by atoms with Crippen LogP contribution >= 0.6 is 0 Å². The monoisotopic (exact) mass is 445 g/mol. The van der Waals surface area contributed by atoms with Crippen LogP contribution in [0.25, 0.3) is 0 Å². The molecule has 0 bridgehead atoms. The summed E-state index contributed by atoms with van der Waals surface area (Å²) in [5.41, 5.74) is 0. The summed E-state index contributed by atoms with van der Waals surface area (Å²) in [6.45, 7) is 2.39. The average Bonchev–Trinajstić information content (AvgIpc) is 3.11. The molecule has 0 saturated carbocycles. The SMILES string of the molecule is O=C(CCCOCCNC(=O)CCN1C(=O)C=CC1=O)NCCCCOc1ccccc1. The quantitative estimate of drug-likeness (QED) is 0.292. The minimum atomic E-state index is -0.396. The number of nitrogens with one attached hydrogen (secondary N) is 2. The van der Waals surface area contributed by atoms with Crippen molar-refractivity contribution in [1.29, 1.82) is 0 Å². The van der Waals surface area contributed by atoms with Crippen LogP contribution in [0.4, 0.5) is 0 Å². The highest BCUT2D eigenvalue weighted by atomic mass is 16.5. The lowest BCUT2D eigenvalue weighted by atomic mass is 10.3. The number of amides is 4. The van der Waals surface area contributed by atoms with Crippen molar-refractivity contribution >= 4 is 23.6 Å². The number of benzene rings is 1. The minimum absolute atomic E-state index is 0.00798. The Bertz CT molecular complexity index is 763. The standard InChI is InChI=1S/C23H31N3O6/c27-20(24-13-4-5-17-32-19-7-2-1-3-8-19)9-6-16-31-18-14-25-21(28)12-15-26-22(29)10-11-23(26)30/h1-3,7-8,10-11H,4-6,9,12-18H2,(H,24,27)(H,25,28). The molecule has 0 spiro atoms. The number of hydrogen-bond acceptors (Lipinski definition) is 6. The van der Waals surface area contributed by atoms with Crippen LogP contribution in [0.5, 0.6) is 5.75 Å². The molecule has 1 aromatic carbocycles. The molecule has 0 fully saturated rings. The zero-order valence-corrected chi connectivity index (χ0v) is 18.2. The Kier molecular flexibility index (Phi) is 11.5. The predicted molar refractivity (Wildman–Crippen MR) is 118 cm³/mol. The fourth-order valence-corrected chi connectivity index (χ4v) is 2.90. The second-order valence-electron chi connectivity index (χ2n) is 7.20. The lowest BCUT2D eigenvalue weighted by Gasteiger charge is -2.13. The molecule has 9 nitrogen and oxygen atoms in total. The highest BCUT2D eigenvalue weighted by molar-refractivity contribution is 6.13. The zero-order valence-electron chi connectivity index (χ0n) is 18.2. The second kappa shape index (κ2) is 14.7. The number of ether oxygens (including phenoxy) is 2. The molecule has 1 aliphatic heterocycles. The molecule has 174 valence electrons. The topological polar surface area (TPSA) is 114 Å². The van der Waals surface area contributed by atoms with Gasteiger partial charge in [-0.15, -0.1) is 0 Å². The van der Waals surface area contributed by atoms with E-state index in [1.54, 1.807) is 0 Å². The van der Waals surface area contributed by atoms with Crippen molar-refractivity contribution in [2.45, 2.75) is 32.1 Å². The molecule has 9 heteroatoms. The van der Waals surface area contributed by atoms with Gasteiger partial charge in [-0.3, -0.25) is 24.1 Å². The van der Waals surface area contributed by atoms with Gasteiger partial charge < -0.3 is 20.1 Å². The zero-order chi connectivity index (χ0) is 23.0. The number of nitrogens with zero attached hydrogens (tertiary/aromatic N) is 1. The van der Waals surface area contributed by atoms with E-state index in [4.69, 9.17) is 9.47 Å². The van der Waals surface area contributed by atoms with Crippen LogP contribution in [-0.2, 0) is 23.9 Å². The van der Waals surface area contributed by atoms with Crippen LogP contribution in [-0.4, -0.2) is 68.0 Å². The average molecular weight is 446 g/mol. The van der Waals surface area contributed by atoms with Crippen molar-refractivity contribution in [1.82, 2.24) is 15.5 Å². The molecule has 0 unspecified atom stereocenters. The summed E-state index contributed by atoms with van der Waals surface area (Å²) in [6, 6.07) is 9.63. The first-order chi connectivity index (χ1) is 15.6. The van der Waals surface area contributed by atoms with Gasteiger partial charge in [-0.2, -0.15) is 0 Å². The molecule has 0 radical (unpaired) electrons. The van der Waals surface area contributed by atoms with Crippen molar-refractivity contribution < 1.29 is 28.7 Å². The Balaban J connectivity index is 1.35. The molecular formula is C23H31N3O6. The summed E-state index contributed by atoms with van der Waals surface area (Å²) in [4.78, 5) is 47.3. The fourth-order valence-electron chi connectivity index (χ4n) is 2.90. The molecule has 2 N–H and O–H groups in total. The van der Waals surface area contributed by atoms with Crippen molar-refractivity contribution in [2.24, 2.45) is 0 Å². The largest absolute Gasteiger partial charge is 0.494 e. The van der Waals surface area contributed by atoms with E-state index in [0.29, 0.717) is 45.8 Å². The molecule has 2 rings (SSSR count). The van der Waals surface area contributed by atoms with E-state index in [9.17, 15) is 19.2 Å². The van der Waals surface area contributed by atoms with E-state index in [1.807, 2.05) is 30.3 Å². The maximum atomic E-state index is 11.8. The van der Waals surface area contributed by atoms with Gasteiger partial charge in [0.25, 0.3) is 11.8 Å². The highest BCUT2D eigenvalue weighted by Crippen LogP contribution is 2.08. The van der Waals surface area contributed by atoms with Gasteiger partial charge in [0, 0.05) is 51.2 Å². The number of rotatable bonds is 16. The van der Waals surface area contributed by atoms with Crippen molar-refractivity contribution in [3.63, 3.8) is 0 Å². The summed E-state index contributed by atoms with van der Waals surface area (Å²) in [6.07, 6.45) is 5.14. The summed E-state index contributed by atoms with van der Waals surface area (Å²) in [7, 11) is 0. The van der Waals surface area contributed by atoms with Gasteiger partial charge in [0.05, 0.1) is 13.2 Å². The first kappa shape index (κ1) is 25.1. The van der Waals surface area contributed by atoms with Gasteiger partial charge in [0.2, 0.25) is 11.8 Å². The van der Waals surface area contributed by atoms with Crippen LogP contribution < -0.4 is 15.4 Å². The molecule has 0 aliphatic carbocycles. The van der Waals surface area contributed by atoms with E-state index in [-0.39, 0.29) is 24.8 Å². The fraction of sp³-hybridized carbons (Fsp3) is 0.478. The second-order valence-corrected chi connectivity index (χ2v) is 7.20. The Morgan fingerprint density at radius 2 is 1.47 bits per heavy atom. The number of unbranched alkanes of at least 4 members (excludes halogenated alkanes) is 1. The van der Waals surface area contributed by atoms with Gasteiger partial charge in [-0.1, -0.05) is 18.2 Å². The predicted octanol–water partition coefficient (Wildman–Crippen LogP) is 1.19. The summed E-state index contributed by atoms with van der Waals surface area (Å²) >= 11 is 0. The van der Waals surface area contributed by atoms with Gasteiger partial charge in [0.15, 0.2) is 0 Å². The summed E-state index contributed by atoms with van der Waals surface area (Å²) in [5.74, 6) is -0.204. The lowest BCUT2D eigenvalue weighted by Crippen LogP contribution is -2.35. The highest BCUT2D eigenvalue weighted by Gasteiger charge is 2.23. The molecule has 0 saturated heterocycles. The van der Waals surface area contributed by atoms with Gasteiger partial charge in [0.1, 0.15) is 5.75 Å². The van der Waals surface area contributed by atoms with Crippen LogP contribution in [0.2, 0.25) is 0 Å². The van der Waals surface area contributed by atoms with Crippen LogP contribution in [0.3, 0.4) is 0 Å². The Morgan fingerprint density at radius 1 is 0.781 bits per heavy atom. The number of carbonyl (C=O) groups is 4. The van der Waals surface area contributed by atoms with Crippen molar-refractivity contribution in [2.75, 3.05) is 39.5 Å². The molecule has 1 aliphatic rings. The summed E-state index contributed by atoms with van der Waals surface area (Å²) in [5, 5.41) is 5.55. The molecule has 4 amide bonds. The summed E-state index contributed by atoms with van der Waals surface area (Å²) < 4.78 is 11.0. The smallest absolute Gasteiger partial charge is 0.253 e. The van der Waals surface area contributed by atoms with Crippen molar-refractivity contribution in [3.8, 4) is 5.75 Å². The van der Waals surface area contributed by atoms with E-state index in [1.165, 1.54) is 12.2 Å². The first-order valence-corrected chi connectivity index (χ1v) is 10.9. The van der Waals surface area contributed by atoms with Crippen LogP contribution in [0.1, 0.15) is 32.1 Å². The first-order valence-electron chi connectivity index (χ1n) is 10.9. The maximum absolute atomic E-state index is 11.8. The number of carbonyl (C=O) groups excluding carboxylic acids is 4. The maximum Gasteiger partial charge on any atom is 0.253 e. The van der Waals surface area contributed by atoms with Crippen LogP contribution in [0, 0.1) is 0 Å². The van der Waals surface area contributed by atoms with Gasteiger partial charge >= 0.3 is 0 Å². The van der Waals surface area contributed by atoms with E-state index in [0.717, 1.165) is 23.5 Å². The molecule has 32 heavy (non-hydrogen) atoms. The van der Waals surface area contributed by atoms with Gasteiger partial charge in [-0.25, -0.2) is 0 Å². The number of para-hydroxylation sites is 1. The number of hydrogen-bond donors (Lipinski definition) is 2. The lowest BCUT2D eigenvalue weighted by molar-refractivity contribution is -0.137. The Labute approximate surface area is 188 Å². The third-order valence-corrected chi connectivity index (χ3v) is 4.63. The van der Waals surface area contributed by atoms with Gasteiger partial charge in [-0.05, 0) is 31.4 Å². The Hall–Kier alpha value is -3.20.